The normalized spacial score (nSPS) is 14.5. The number of benzene rings is 6. The van der Waals surface area contributed by atoms with Gasteiger partial charge in [0.05, 0.1) is 46.8 Å². The molecule has 0 saturated carbocycles. The van der Waals surface area contributed by atoms with Crippen LogP contribution in [0.25, 0.3) is 10.8 Å². The van der Waals surface area contributed by atoms with Crippen LogP contribution in [0.15, 0.2) is 146 Å². The summed E-state index contributed by atoms with van der Waals surface area (Å²) in [7, 11) is -18.6. The van der Waals surface area contributed by atoms with Gasteiger partial charge in [-0.15, -0.1) is 0 Å². The second-order valence-corrected chi connectivity index (χ2v) is 26.9. The van der Waals surface area contributed by atoms with Crippen LogP contribution in [0.4, 0.5) is 0 Å². The van der Waals surface area contributed by atoms with Gasteiger partial charge in [0, 0.05) is 34.6 Å². The van der Waals surface area contributed by atoms with Gasteiger partial charge in [-0.2, -0.15) is 0 Å². The first kappa shape index (κ1) is 84.7. The maximum atomic E-state index is 11.3. The smallest absolute Gasteiger partial charge is 0.773 e. The van der Waals surface area contributed by atoms with Gasteiger partial charge >= 0.3 is 75.4 Å². The zero-order valence-electron chi connectivity index (χ0n) is 49.8. The third-order valence-electron chi connectivity index (χ3n) is 11.3. The molecule has 22 nitrogen and oxygen atoms in total. The van der Waals surface area contributed by atoms with E-state index < -0.39 is 71.7 Å². The van der Waals surface area contributed by atoms with Gasteiger partial charge in [0.15, 0.2) is 15.2 Å². The molecule has 7 rings (SSSR count). The molecule has 0 bridgehead atoms. The second-order valence-electron chi connectivity index (χ2n) is 17.5. The number of rotatable bonds is 23. The van der Waals surface area contributed by atoms with Crippen LogP contribution in [0.2, 0.25) is 0 Å². The van der Waals surface area contributed by atoms with E-state index in [9.17, 15) is 71.3 Å². The minimum atomic E-state index is -4.38. The van der Waals surface area contributed by atoms with Crippen molar-refractivity contribution in [3.8, 4) is 11.5 Å². The second kappa shape index (κ2) is 41.1. The van der Waals surface area contributed by atoms with Crippen LogP contribution >= 0.6 is 38.0 Å². The third-order valence-corrected chi connectivity index (χ3v) is 17.7. The molecule has 31 heteroatoms. The Hall–Kier alpha value is -3.33. The van der Waals surface area contributed by atoms with Crippen molar-refractivity contribution in [2.45, 2.75) is 79.6 Å². The van der Waals surface area contributed by atoms with E-state index in [1.807, 2.05) is 84.9 Å². The minimum Gasteiger partial charge on any atom is -0.773 e. The molecule has 1 aliphatic carbocycles. The SMILES string of the molecule is CC(=O)P(=O)([O-])OC1Cc2ccccc2C1.CC(=O)P(=O)([O-])OCCc1cccc2ccccc12.CC(=O)P(=O)([O-])OCc1ccccc1.COc1ccc(CCOP(=O)([O-])C(C)=O)cc1.COc1cccc(COP(=O)([O-])C(C)=O)c1.[Li+].[Li+].[Li+].[Li+]. The van der Waals surface area contributed by atoms with Crippen molar-refractivity contribution < 1.29 is 179 Å². The number of fused-ring (bicyclic) bond motifs is 2. The fourth-order valence-corrected chi connectivity index (χ4v) is 9.46. The number of hydrogen-bond acceptors (Lipinski definition) is 22. The first-order chi connectivity index (χ1) is 38.4. The molecule has 1 aliphatic rings. The molecule has 0 heterocycles. The molecule has 0 aliphatic heterocycles. The number of hydrogen-bond donors (Lipinski definition) is 0. The molecule has 0 saturated heterocycles. The zero-order chi connectivity index (χ0) is 61.3. The van der Waals surface area contributed by atoms with Gasteiger partial charge in [-0.05, 0) is 94.1 Å². The molecule has 5 unspecified atom stereocenters. The monoisotopic (exact) mass is 1260 g/mol. The molecule has 86 heavy (non-hydrogen) atoms. The van der Waals surface area contributed by atoms with E-state index in [1.165, 1.54) is 7.11 Å². The van der Waals surface area contributed by atoms with Crippen LogP contribution in [0, 0.1) is 0 Å². The molecule has 0 spiro atoms. The maximum Gasteiger partial charge on any atom is 1.00 e. The molecule has 0 amide bonds. The van der Waals surface area contributed by atoms with Crippen molar-refractivity contribution in [2.24, 2.45) is 0 Å². The molecular weight excluding hydrogens is 1200 g/mol. The minimum absolute atomic E-state index is 0. The van der Waals surface area contributed by atoms with Crippen molar-refractivity contribution in [3.63, 3.8) is 0 Å². The molecule has 6 aromatic rings. The van der Waals surface area contributed by atoms with E-state index in [0.717, 1.165) is 73.4 Å². The van der Waals surface area contributed by atoms with E-state index in [4.69, 9.17) is 18.5 Å². The number of carbonyl (C=O) groups excluding carboxylic acids is 5. The summed E-state index contributed by atoms with van der Waals surface area (Å²) in [4.78, 5) is 109. The summed E-state index contributed by atoms with van der Waals surface area (Å²) < 4.78 is 88.8. The van der Waals surface area contributed by atoms with Crippen LogP contribution in [-0.4, -0.2) is 61.2 Å². The van der Waals surface area contributed by atoms with Gasteiger partial charge in [0.25, 0.3) is 0 Å². The van der Waals surface area contributed by atoms with E-state index in [-0.39, 0.29) is 102 Å². The van der Waals surface area contributed by atoms with Crippen LogP contribution in [0.1, 0.15) is 68.0 Å². The van der Waals surface area contributed by atoms with E-state index in [2.05, 4.69) is 13.6 Å². The van der Waals surface area contributed by atoms with Crippen LogP contribution in [0.5, 0.6) is 11.5 Å². The van der Waals surface area contributed by atoms with Crippen molar-refractivity contribution in [1.29, 1.82) is 0 Å². The summed E-state index contributed by atoms with van der Waals surface area (Å²) in [5.41, 5.74) is 0.703. The Morgan fingerprint density at radius 2 is 0.814 bits per heavy atom. The molecule has 5 atom stereocenters. The Bertz CT molecular complexity index is 3350. The van der Waals surface area contributed by atoms with Crippen LogP contribution in [-0.2, 0) is 108 Å². The quantitative estimate of drug-likeness (QED) is 0.0433. The van der Waals surface area contributed by atoms with Gasteiger partial charge in [-0.3, -0.25) is 24.0 Å². The predicted octanol–water partition coefficient (Wildman–Crippen LogP) is -4.25. The van der Waals surface area contributed by atoms with E-state index in [0.29, 0.717) is 42.6 Å². The fraction of sp³-hybridized carbons (Fsp3) is 0.291. The van der Waals surface area contributed by atoms with Crippen LogP contribution < -0.4 is 109 Å². The first-order valence-corrected chi connectivity index (χ1v) is 32.3. The number of ether oxygens (including phenoxy) is 2. The average molecular weight is 1260 g/mol. The Kier molecular flexibility index (Phi) is 40.5. The van der Waals surface area contributed by atoms with Gasteiger partial charge in [-0.1, -0.05) is 121 Å². The predicted molar refractivity (Wildman–Crippen MR) is 295 cm³/mol. The van der Waals surface area contributed by atoms with Crippen molar-refractivity contribution in [3.05, 3.63) is 179 Å². The first-order valence-electron chi connectivity index (χ1n) is 24.6. The van der Waals surface area contributed by atoms with Crippen molar-refractivity contribution >= 4 is 76.4 Å². The van der Waals surface area contributed by atoms with Gasteiger partial charge in [0.2, 0.25) is 50.4 Å². The summed E-state index contributed by atoms with van der Waals surface area (Å²) in [6, 6.07) is 44.1. The third kappa shape index (κ3) is 30.5. The Balaban J connectivity index is 0. The molecule has 0 fully saturated rings. The molecule has 0 aromatic heterocycles. The molecule has 6 aromatic carbocycles. The Labute approximate surface area is 548 Å². The van der Waals surface area contributed by atoms with E-state index >= 15 is 0 Å². The largest absolute Gasteiger partial charge is 1.00 e. The molecular formula is C55H62Li4O22P5-. The molecule has 444 valence electrons. The maximum absolute atomic E-state index is 11.3. The zero-order valence-corrected chi connectivity index (χ0v) is 54.3. The number of methoxy groups -OCH3 is 2. The Morgan fingerprint density at radius 3 is 1.29 bits per heavy atom. The summed E-state index contributed by atoms with van der Waals surface area (Å²) in [6.45, 7) is 4.58. The summed E-state index contributed by atoms with van der Waals surface area (Å²) >= 11 is 0. The van der Waals surface area contributed by atoms with Crippen molar-refractivity contribution in [2.75, 3.05) is 27.4 Å². The van der Waals surface area contributed by atoms with E-state index in [1.54, 1.807) is 67.8 Å². The summed E-state index contributed by atoms with van der Waals surface area (Å²) in [5, 5.41) is 2.16. The van der Waals surface area contributed by atoms with Gasteiger partial charge < -0.3 is 79.4 Å². The fourth-order valence-electron chi connectivity index (χ4n) is 6.74. The topological polar surface area (TPSA) is 351 Å². The molecule has 0 N–H and O–H groups in total. The average Bonchev–Trinajstić information content (AvgIpc) is 3.94. The summed E-state index contributed by atoms with van der Waals surface area (Å²) in [6.07, 6.45) is 1.54. The summed E-state index contributed by atoms with van der Waals surface area (Å²) in [5.74, 6) is 1.33. The number of carbonyl (C=O) groups is 5. The van der Waals surface area contributed by atoms with Crippen molar-refractivity contribution in [1.82, 2.24) is 0 Å². The standard InChI is InChI=1S/C14H15O4P.C11H15O5P.C11H13O4P.C10H13O5P.C9H11O4P.4Li/c1-11(15)19(16,17)18-10-9-13-7-4-6-12-5-2-3-8-14(12)13;1-9(12)17(13,14)16-8-7-10-3-5-11(15-2)6-4-10;1-8(12)16(13,14)15-11-6-9-4-2-3-5-10(9)7-11;1-8(11)16(12,13)15-7-9-4-3-5-10(6-9)14-2;1-8(10)14(11,12)13-7-9-5-3-2-4-6-9;;;;/h2-8H,9-10H2,1H3,(H,16,17);3-6H,7-8H2,1-2H3,(H,13,14);2-5,11H,6-7H2,1H3,(H,13,14);3-6H,7H2,1-2H3,(H,12,13);2-6H,7H2,1H3,(H,11,12);;;;/q;;;;;4*+1/p-5. The Morgan fingerprint density at radius 1 is 0.419 bits per heavy atom. The molecule has 0 radical (unpaired) electrons. The van der Waals surface area contributed by atoms with Gasteiger partial charge in [-0.25, -0.2) is 0 Å². The van der Waals surface area contributed by atoms with Crippen LogP contribution in [0.3, 0.4) is 0 Å². The van der Waals surface area contributed by atoms with Gasteiger partial charge in [0.1, 0.15) is 11.5 Å².